The number of nitrogens with two attached hydrogens (primary N) is 1. The van der Waals surface area contributed by atoms with Gasteiger partial charge in [-0.1, -0.05) is 0 Å². The van der Waals surface area contributed by atoms with Crippen molar-refractivity contribution >= 4 is 5.95 Å². The quantitative estimate of drug-likeness (QED) is 0.866. The highest BCUT2D eigenvalue weighted by Crippen LogP contribution is 2.22. The van der Waals surface area contributed by atoms with Gasteiger partial charge in [-0.25, -0.2) is 0 Å². The summed E-state index contributed by atoms with van der Waals surface area (Å²) < 4.78 is 32.7. The fourth-order valence-corrected chi connectivity index (χ4v) is 1.13. The van der Waals surface area contributed by atoms with E-state index in [0.29, 0.717) is 5.56 Å². The van der Waals surface area contributed by atoms with Crippen LogP contribution >= 0.6 is 0 Å². The fraction of sp³-hybridized carbons (Fsp3) is 0.111. The smallest absolute Gasteiger partial charge is 0.387 e. The van der Waals surface area contributed by atoms with Gasteiger partial charge >= 0.3 is 6.61 Å². The topological polar surface area (TPSA) is 74.2 Å². The Hall–Kier alpha value is -2.18. The van der Waals surface area contributed by atoms with E-state index in [1.165, 1.54) is 24.3 Å². The van der Waals surface area contributed by atoms with Crippen LogP contribution in [0.4, 0.5) is 14.7 Å². The molecule has 0 atom stereocenters. The van der Waals surface area contributed by atoms with E-state index in [2.05, 4.69) is 14.9 Å². The molecule has 0 amide bonds. The number of ether oxygens (including phenoxy) is 1. The van der Waals surface area contributed by atoms with Gasteiger partial charge in [0.25, 0.3) is 11.8 Å². The van der Waals surface area contributed by atoms with Crippen LogP contribution in [0, 0.1) is 0 Å². The highest BCUT2D eigenvalue weighted by Gasteiger charge is 2.08. The number of nitrogens with zero attached hydrogens (tertiary/aromatic N) is 2. The van der Waals surface area contributed by atoms with Crippen LogP contribution < -0.4 is 10.5 Å². The van der Waals surface area contributed by atoms with Crippen LogP contribution in [0.3, 0.4) is 0 Å². The summed E-state index contributed by atoms with van der Waals surface area (Å²) in [6.07, 6.45) is 0. The molecule has 1 aromatic heterocycles. The molecule has 2 rings (SSSR count). The van der Waals surface area contributed by atoms with Crippen molar-refractivity contribution in [3.8, 4) is 17.2 Å². The maximum Gasteiger partial charge on any atom is 0.387 e. The monoisotopic (exact) mass is 227 g/mol. The minimum atomic E-state index is -2.84. The Labute approximate surface area is 88.8 Å². The van der Waals surface area contributed by atoms with Crippen LogP contribution in [-0.4, -0.2) is 16.8 Å². The maximum atomic E-state index is 11.9. The van der Waals surface area contributed by atoms with Crippen molar-refractivity contribution in [3.63, 3.8) is 0 Å². The second kappa shape index (κ2) is 4.13. The van der Waals surface area contributed by atoms with Crippen LogP contribution in [-0.2, 0) is 0 Å². The van der Waals surface area contributed by atoms with Gasteiger partial charge in [0, 0.05) is 5.56 Å². The number of hydrogen-bond donors (Lipinski definition) is 1. The Morgan fingerprint density at radius 1 is 1.25 bits per heavy atom. The third-order valence-electron chi connectivity index (χ3n) is 1.77. The van der Waals surface area contributed by atoms with E-state index in [1.807, 2.05) is 0 Å². The van der Waals surface area contributed by atoms with Gasteiger partial charge in [0.1, 0.15) is 5.75 Å². The lowest BCUT2D eigenvalue weighted by atomic mass is 10.2. The Morgan fingerprint density at radius 2 is 1.94 bits per heavy atom. The summed E-state index contributed by atoms with van der Waals surface area (Å²) in [6, 6.07) is 5.79. The number of aromatic nitrogens is 2. The van der Waals surface area contributed by atoms with Crippen LogP contribution in [0.2, 0.25) is 0 Å². The van der Waals surface area contributed by atoms with E-state index in [0.717, 1.165) is 0 Å². The Balaban J connectivity index is 2.19. The van der Waals surface area contributed by atoms with E-state index in [9.17, 15) is 8.78 Å². The number of alkyl halides is 2. The van der Waals surface area contributed by atoms with E-state index < -0.39 is 6.61 Å². The molecule has 16 heavy (non-hydrogen) atoms. The summed E-state index contributed by atoms with van der Waals surface area (Å²) in [5.41, 5.74) is 5.85. The van der Waals surface area contributed by atoms with Crippen LogP contribution in [0.15, 0.2) is 28.8 Å². The average molecular weight is 227 g/mol. The largest absolute Gasteiger partial charge is 0.435 e. The van der Waals surface area contributed by atoms with Gasteiger partial charge in [-0.3, -0.25) is 0 Å². The molecule has 0 aliphatic carbocycles. The second-order valence-corrected chi connectivity index (χ2v) is 2.86. The fourth-order valence-electron chi connectivity index (χ4n) is 1.13. The van der Waals surface area contributed by atoms with Gasteiger partial charge in [0.2, 0.25) is 0 Å². The van der Waals surface area contributed by atoms with Crippen molar-refractivity contribution in [2.24, 2.45) is 0 Å². The van der Waals surface area contributed by atoms with E-state index in [4.69, 9.17) is 10.3 Å². The highest BCUT2D eigenvalue weighted by molar-refractivity contribution is 5.55. The molecule has 0 radical (unpaired) electrons. The lowest BCUT2D eigenvalue weighted by Gasteiger charge is -2.03. The maximum absolute atomic E-state index is 11.9. The standard InChI is InChI=1S/C9H7F2N3O2/c10-8(11)15-6-3-1-5(2-4-6)7-13-9(12)14-16-7/h1-4,8H,(H2,12,14). The van der Waals surface area contributed by atoms with E-state index in [1.54, 1.807) is 0 Å². The lowest BCUT2D eigenvalue weighted by Crippen LogP contribution is -2.01. The molecule has 84 valence electrons. The van der Waals surface area contributed by atoms with Gasteiger partial charge in [-0.2, -0.15) is 13.8 Å². The SMILES string of the molecule is Nc1noc(-c2ccc(OC(F)F)cc2)n1. The van der Waals surface area contributed by atoms with Crippen LogP contribution in [0.5, 0.6) is 5.75 Å². The molecule has 0 spiro atoms. The molecule has 0 aliphatic heterocycles. The molecule has 1 aromatic carbocycles. The zero-order chi connectivity index (χ0) is 11.5. The summed E-state index contributed by atoms with van der Waals surface area (Å²) in [7, 11) is 0. The van der Waals surface area contributed by atoms with Crippen molar-refractivity contribution in [1.29, 1.82) is 0 Å². The molecular weight excluding hydrogens is 220 g/mol. The van der Waals surface area contributed by atoms with Gasteiger partial charge in [-0.15, -0.1) is 0 Å². The van der Waals surface area contributed by atoms with Gasteiger partial charge in [-0.05, 0) is 29.4 Å². The summed E-state index contributed by atoms with van der Waals surface area (Å²) in [6.45, 7) is -2.84. The van der Waals surface area contributed by atoms with E-state index in [-0.39, 0.29) is 17.6 Å². The van der Waals surface area contributed by atoms with Crippen molar-refractivity contribution in [3.05, 3.63) is 24.3 Å². The summed E-state index contributed by atoms with van der Waals surface area (Å²) >= 11 is 0. The van der Waals surface area contributed by atoms with Crippen molar-refractivity contribution in [1.82, 2.24) is 10.1 Å². The molecule has 0 bridgehead atoms. The molecule has 1 heterocycles. The third kappa shape index (κ3) is 2.25. The normalized spacial score (nSPS) is 10.7. The summed E-state index contributed by atoms with van der Waals surface area (Å²) in [5.74, 6) is 0.301. The molecule has 0 saturated heterocycles. The Kier molecular flexibility index (Phi) is 2.67. The second-order valence-electron chi connectivity index (χ2n) is 2.86. The lowest BCUT2D eigenvalue weighted by molar-refractivity contribution is -0.0498. The van der Waals surface area contributed by atoms with Crippen LogP contribution in [0.1, 0.15) is 0 Å². The number of anilines is 1. The molecule has 0 saturated carbocycles. The predicted octanol–water partition coefficient (Wildman–Crippen LogP) is 1.92. The molecule has 0 fully saturated rings. The van der Waals surface area contributed by atoms with Gasteiger partial charge < -0.3 is 15.0 Å². The van der Waals surface area contributed by atoms with Crippen molar-refractivity contribution in [2.75, 3.05) is 5.73 Å². The summed E-state index contributed by atoms with van der Waals surface area (Å²) in [5, 5.41) is 3.40. The minimum Gasteiger partial charge on any atom is -0.435 e. The Morgan fingerprint density at radius 3 is 2.44 bits per heavy atom. The minimum absolute atomic E-state index is 0.0166. The van der Waals surface area contributed by atoms with E-state index >= 15 is 0 Å². The third-order valence-corrected chi connectivity index (χ3v) is 1.77. The zero-order valence-electron chi connectivity index (χ0n) is 7.93. The Bertz CT molecular complexity index is 470. The molecule has 7 heteroatoms. The molecule has 2 aromatic rings. The zero-order valence-corrected chi connectivity index (χ0v) is 7.93. The molecule has 0 unspecified atom stereocenters. The average Bonchev–Trinajstić information content (AvgIpc) is 2.65. The molecule has 0 aliphatic rings. The first-order valence-electron chi connectivity index (χ1n) is 4.29. The van der Waals surface area contributed by atoms with Crippen molar-refractivity contribution in [2.45, 2.75) is 6.61 Å². The number of nitrogen functional groups attached to an aromatic ring is 1. The highest BCUT2D eigenvalue weighted by atomic mass is 19.3. The first-order chi connectivity index (χ1) is 7.65. The molecule has 2 N–H and O–H groups in total. The number of hydrogen-bond acceptors (Lipinski definition) is 5. The van der Waals surface area contributed by atoms with Gasteiger partial charge in [0.15, 0.2) is 0 Å². The first kappa shape index (κ1) is 10.3. The number of rotatable bonds is 3. The first-order valence-corrected chi connectivity index (χ1v) is 4.29. The molecule has 5 nitrogen and oxygen atoms in total. The number of halogens is 2. The molecular formula is C9H7F2N3O2. The predicted molar refractivity (Wildman–Crippen MR) is 50.8 cm³/mol. The number of benzene rings is 1. The van der Waals surface area contributed by atoms with Crippen molar-refractivity contribution < 1.29 is 18.0 Å². The van der Waals surface area contributed by atoms with Gasteiger partial charge in [0.05, 0.1) is 0 Å². The summed E-state index contributed by atoms with van der Waals surface area (Å²) in [4.78, 5) is 3.78. The van der Waals surface area contributed by atoms with Crippen LogP contribution in [0.25, 0.3) is 11.5 Å².